The van der Waals surface area contributed by atoms with Crippen LogP contribution < -0.4 is 0 Å². The molecule has 0 N–H and O–H groups in total. The number of aromatic nitrogens is 5. The van der Waals surface area contributed by atoms with E-state index >= 15 is 0 Å². The van der Waals surface area contributed by atoms with Gasteiger partial charge in [0, 0.05) is 30.1 Å². The predicted molar refractivity (Wildman–Crippen MR) is 103 cm³/mol. The Morgan fingerprint density at radius 1 is 1.22 bits per heavy atom. The number of rotatable bonds is 6. The van der Waals surface area contributed by atoms with Gasteiger partial charge in [0.25, 0.3) is 0 Å². The molecule has 0 aliphatic carbocycles. The van der Waals surface area contributed by atoms with E-state index in [4.69, 9.17) is 0 Å². The number of aryl methyl sites for hydroxylation is 1. The third-order valence-corrected chi connectivity index (χ3v) is 5.67. The third-order valence-electron chi connectivity index (χ3n) is 4.79. The van der Waals surface area contributed by atoms with Gasteiger partial charge in [0.05, 0.1) is 12.6 Å². The second kappa shape index (κ2) is 8.39. The average molecular weight is 382 g/mol. The molecule has 0 spiro atoms. The van der Waals surface area contributed by atoms with Gasteiger partial charge < -0.3 is 4.90 Å². The van der Waals surface area contributed by atoms with Crippen molar-refractivity contribution < 1.29 is 4.79 Å². The molecule has 0 radical (unpaired) electrons. The highest BCUT2D eigenvalue weighted by atomic mass is 32.1. The lowest BCUT2D eigenvalue weighted by molar-refractivity contribution is -0.135. The molecule has 3 heterocycles. The molecule has 8 heteroatoms. The van der Waals surface area contributed by atoms with Gasteiger partial charge in [-0.2, -0.15) is 4.80 Å². The molecule has 1 fully saturated rings. The van der Waals surface area contributed by atoms with Gasteiger partial charge in [0.15, 0.2) is 0 Å². The van der Waals surface area contributed by atoms with Crippen LogP contribution in [0.1, 0.15) is 43.2 Å². The van der Waals surface area contributed by atoms with E-state index in [2.05, 4.69) is 20.4 Å². The number of carbonyl (C=O) groups excluding carboxylic acids is 1. The minimum absolute atomic E-state index is 0.139. The zero-order chi connectivity index (χ0) is 18.5. The lowest BCUT2D eigenvalue weighted by Gasteiger charge is -2.34. The van der Waals surface area contributed by atoms with Crippen molar-refractivity contribution in [3.8, 4) is 11.4 Å². The molecule has 7 nitrogen and oxygen atoms in total. The first-order chi connectivity index (χ1) is 13.3. The van der Waals surface area contributed by atoms with Crippen molar-refractivity contribution in [3.63, 3.8) is 0 Å². The number of tetrazole rings is 1. The maximum Gasteiger partial charge on any atom is 0.223 e. The molecule has 3 aromatic rings. The number of amides is 1. The molecular formula is C19H22N6OS. The fourth-order valence-corrected chi connectivity index (χ4v) is 4.23. The fraction of sp³-hybridized carbons (Fsp3) is 0.421. The van der Waals surface area contributed by atoms with E-state index in [-0.39, 0.29) is 11.9 Å². The number of nitrogens with zero attached hydrogens (tertiary/aromatic N) is 6. The van der Waals surface area contributed by atoms with Gasteiger partial charge in [-0.3, -0.25) is 4.79 Å². The summed E-state index contributed by atoms with van der Waals surface area (Å²) in [6.07, 6.45) is 6.23. The summed E-state index contributed by atoms with van der Waals surface area (Å²) in [4.78, 5) is 20.8. The van der Waals surface area contributed by atoms with Gasteiger partial charge in [-0.15, -0.1) is 21.5 Å². The van der Waals surface area contributed by atoms with Crippen molar-refractivity contribution in [2.24, 2.45) is 0 Å². The summed E-state index contributed by atoms with van der Waals surface area (Å²) < 4.78 is 0. The van der Waals surface area contributed by atoms with E-state index in [1.807, 2.05) is 46.8 Å². The normalized spacial score (nSPS) is 17.2. The molecule has 27 heavy (non-hydrogen) atoms. The monoisotopic (exact) mass is 382 g/mol. The first-order valence-corrected chi connectivity index (χ1v) is 10.2. The molecule has 1 atom stereocenters. The minimum atomic E-state index is 0.139. The average Bonchev–Trinajstić information content (AvgIpc) is 3.41. The summed E-state index contributed by atoms with van der Waals surface area (Å²) in [7, 11) is 0. The molecule has 0 bridgehead atoms. The summed E-state index contributed by atoms with van der Waals surface area (Å²) in [6, 6.07) is 9.91. The van der Waals surface area contributed by atoms with E-state index in [1.165, 1.54) is 0 Å². The molecular weight excluding hydrogens is 360 g/mol. The summed E-state index contributed by atoms with van der Waals surface area (Å²) in [6.45, 7) is 1.41. The number of hydrogen-bond acceptors (Lipinski definition) is 6. The lowest BCUT2D eigenvalue weighted by atomic mass is 10.0. The highest BCUT2D eigenvalue weighted by molar-refractivity contribution is 7.09. The maximum absolute atomic E-state index is 12.8. The van der Waals surface area contributed by atoms with Crippen molar-refractivity contribution in [3.05, 3.63) is 46.9 Å². The van der Waals surface area contributed by atoms with Gasteiger partial charge in [0.1, 0.15) is 5.01 Å². The fourth-order valence-electron chi connectivity index (χ4n) is 3.44. The Kier molecular flexibility index (Phi) is 5.53. The zero-order valence-electron chi connectivity index (χ0n) is 15.1. The molecule has 1 saturated heterocycles. The van der Waals surface area contributed by atoms with Crippen LogP contribution in [-0.4, -0.2) is 42.5 Å². The Bertz CT molecular complexity index is 863. The summed E-state index contributed by atoms with van der Waals surface area (Å²) in [5.74, 6) is 0.806. The topological polar surface area (TPSA) is 76.8 Å². The predicted octanol–water partition coefficient (Wildman–Crippen LogP) is 3.33. The molecule has 1 unspecified atom stereocenters. The molecule has 4 rings (SSSR count). The van der Waals surface area contributed by atoms with E-state index < -0.39 is 0 Å². The van der Waals surface area contributed by atoms with Gasteiger partial charge in [-0.1, -0.05) is 30.3 Å². The number of piperidine rings is 1. The molecule has 0 saturated carbocycles. The Morgan fingerprint density at radius 2 is 2.11 bits per heavy atom. The number of hydrogen-bond donors (Lipinski definition) is 0. The Hall–Kier alpha value is -2.61. The molecule has 2 aromatic heterocycles. The summed E-state index contributed by atoms with van der Waals surface area (Å²) in [5, 5.41) is 15.6. The van der Waals surface area contributed by atoms with E-state index in [9.17, 15) is 4.79 Å². The van der Waals surface area contributed by atoms with E-state index in [0.717, 1.165) is 36.4 Å². The van der Waals surface area contributed by atoms with Crippen molar-refractivity contribution in [1.29, 1.82) is 0 Å². The molecule has 1 aliphatic rings. The number of likely N-dealkylation sites (tertiary alicyclic amines) is 1. The molecule has 1 amide bonds. The first kappa shape index (κ1) is 17.8. The Labute approximate surface area is 162 Å². The third kappa shape index (κ3) is 4.21. The van der Waals surface area contributed by atoms with Crippen molar-refractivity contribution in [2.45, 2.75) is 44.7 Å². The van der Waals surface area contributed by atoms with Crippen molar-refractivity contribution in [1.82, 2.24) is 30.1 Å². The standard InChI is InChI=1S/C19H22N6OS/c26-17(24-12-5-4-9-16(24)19-20-11-14-27-19)10-6-13-25-22-18(21-23-25)15-7-2-1-3-8-15/h1-3,7-8,11,14,16H,4-6,9-10,12-13H2. The smallest absolute Gasteiger partial charge is 0.223 e. The van der Waals surface area contributed by atoms with Crippen molar-refractivity contribution >= 4 is 17.2 Å². The summed E-state index contributed by atoms with van der Waals surface area (Å²) >= 11 is 1.63. The quantitative estimate of drug-likeness (QED) is 0.653. The maximum atomic E-state index is 12.8. The number of carbonyl (C=O) groups is 1. The Balaban J connectivity index is 1.32. The van der Waals surface area contributed by atoms with Gasteiger partial charge >= 0.3 is 0 Å². The minimum Gasteiger partial charge on any atom is -0.333 e. The lowest BCUT2D eigenvalue weighted by Crippen LogP contribution is -2.38. The van der Waals surface area contributed by atoms with Crippen LogP contribution in [0.2, 0.25) is 0 Å². The second-order valence-corrected chi connectivity index (χ2v) is 7.57. The molecule has 1 aromatic carbocycles. The highest BCUT2D eigenvalue weighted by Gasteiger charge is 2.29. The van der Waals surface area contributed by atoms with Crippen LogP contribution in [0.5, 0.6) is 0 Å². The number of benzene rings is 1. The molecule has 1 aliphatic heterocycles. The number of thiazole rings is 1. The van der Waals surface area contributed by atoms with E-state index in [1.54, 1.807) is 16.1 Å². The summed E-state index contributed by atoms with van der Waals surface area (Å²) in [5.41, 5.74) is 0.944. The Morgan fingerprint density at radius 3 is 2.93 bits per heavy atom. The molecule has 140 valence electrons. The van der Waals surface area contributed by atoms with Crippen LogP contribution >= 0.6 is 11.3 Å². The van der Waals surface area contributed by atoms with Gasteiger partial charge in [-0.25, -0.2) is 4.98 Å². The SMILES string of the molecule is O=C(CCCn1nnc(-c2ccccc2)n1)N1CCCCC1c1nccs1. The second-order valence-electron chi connectivity index (χ2n) is 6.65. The van der Waals surface area contributed by atoms with Crippen LogP contribution in [0.4, 0.5) is 0 Å². The largest absolute Gasteiger partial charge is 0.333 e. The van der Waals surface area contributed by atoms with Gasteiger partial charge in [-0.05, 0) is 30.9 Å². The van der Waals surface area contributed by atoms with Crippen LogP contribution in [0.15, 0.2) is 41.9 Å². The van der Waals surface area contributed by atoms with E-state index in [0.29, 0.717) is 25.2 Å². The van der Waals surface area contributed by atoms with Gasteiger partial charge in [0.2, 0.25) is 11.7 Å². The van der Waals surface area contributed by atoms with Crippen LogP contribution in [0, 0.1) is 0 Å². The van der Waals surface area contributed by atoms with Crippen LogP contribution in [-0.2, 0) is 11.3 Å². The zero-order valence-corrected chi connectivity index (χ0v) is 15.9. The van der Waals surface area contributed by atoms with Crippen molar-refractivity contribution in [2.75, 3.05) is 6.54 Å². The highest BCUT2D eigenvalue weighted by Crippen LogP contribution is 2.32. The van der Waals surface area contributed by atoms with Crippen LogP contribution in [0.25, 0.3) is 11.4 Å². The first-order valence-electron chi connectivity index (χ1n) is 9.33. The van der Waals surface area contributed by atoms with Crippen LogP contribution in [0.3, 0.4) is 0 Å².